The highest BCUT2D eigenvalue weighted by atomic mass is 16.2. The van der Waals surface area contributed by atoms with E-state index in [-0.39, 0.29) is 5.91 Å². The first kappa shape index (κ1) is 13.4. The summed E-state index contributed by atoms with van der Waals surface area (Å²) in [7, 11) is 0. The minimum Gasteiger partial charge on any atom is -0.353 e. The van der Waals surface area contributed by atoms with Crippen molar-refractivity contribution < 1.29 is 4.79 Å². The van der Waals surface area contributed by atoms with E-state index in [1.54, 1.807) is 6.92 Å². The molecule has 0 aromatic carbocycles. The number of anilines is 1. The molecule has 0 spiro atoms. The molecule has 1 aromatic rings. The Labute approximate surface area is 119 Å². The van der Waals surface area contributed by atoms with E-state index in [1.807, 2.05) is 4.90 Å². The summed E-state index contributed by atoms with van der Waals surface area (Å²) in [5, 5.41) is 11.0. The Bertz CT molecular complexity index is 466. The zero-order chi connectivity index (χ0) is 13.9. The van der Waals surface area contributed by atoms with Crippen molar-refractivity contribution >= 4 is 11.7 Å². The Kier molecular flexibility index (Phi) is 3.91. The van der Waals surface area contributed by atoms with Gasteiger partial charge in [-0.2, -0.15) is 5.10 Å². The zero-order valence-corrected chi connectivity index (χ0v) is 12.1. The molecule has 0 radical (unpaired) electrons. The van der Waals surface area contributed by atoms with E-state index in [1.165, 1.54) is 5.69 Å². The first-order valence-electron chi connectivity index (χ1n) is 7.50. The summed E-state index contributed by atoms with van der Waals surface area (Å²) in [5.41, 5.74) is 1.17. The van der Waals surface area contributed by atoms with Gasteiger partial charge >= 0.3 is 0 Å². The van der Waals surface area contributed by atoms with Gasteiger partial charge in [0.2, 0.25) is 5.91 Å². The molecule has 0 aliphatic carbocycles. The molecule has 1 amide bonds. The van der Waals surface area contributed by atoms with Crippen molar-refractivity contribution in [3.8, 4) is 0 Å². The molecule has 20 heavy (non-hydrogen) atoms. The highest BCUT2D eigenvalue weighted by Gasteiger charge is 2.25. The smallest absolute Gasteiger partial charge is 0.219 e. The number of carbonyl (C=O) groups is 1. The maximum atomic E-state index is 11.5. The maximum absolute atomic E-state index is 11.5. The van der Waals surface area contributed by atoms with Gasteiger partial charge in [-0.25, -0.2) is 0 Å². The highest BCUT2D eigenvalue weighted by molar-refractivity contribution is 5.73. The van der Waals surface area contributed by atoms with Crippen LogP contribution in [0.5, 0.6) is 0 Å². The SMILES string of the molecule is CC(=O)N1CCCC(c2cc(N3CCNCC3)n[nH]2)C1. The standard InChI is InChI=1S/C14H23N5O/c1-11(20)19-6-2-3-12(10-19)13-9-14(17-16-13)18-7-4-15-5-8-18/h9,12,15H,2-8,10H2,1H3,(H,16,17). The molecule has 1 aromatic heterocycles. The number of nitrogens with one attached hydrogen (secondary N) is 2. The van der Waals surface area contributed by atoms with Crippen molar-refractivity contribution in [1.82, 2.24) is 20.4 Å². The molecule has 3 rings (SSSR count). The number of nitrogens with zero attached hydrogens (tertiary/aromatic N) is 3. The monoisotopic (exact) mass is 277 g/mol. The zero-order valence-electron chi connectivity index (χ0n) is 12.1. The summed E-state index contributed by atoms with van der Waals surface area (Å²) in [6.07, 6.45) is 2.21. The molecule has 110 valence electrons. The van der Waals surface area contributed by atoms with Gasteiger partial charge in [-0.05, 0) is 12.8 Å². The van der Waals surface area contributed by atoms with Gasteiger partial charge in [0.1, 0.15) is 0 Å². The molecule has 2 fully saturated rings. The molecule has 1 unspecified atom stereocenters. The number of hydrogen-bond donors (Lipinski definition) is 2. The molecule has 2 N–H and O–H groups in total. The quantitative estimate of drug-likeness (QED) is 0.828. The average molecular weight is 277 g/mol. The van der Waals surface area contributed by atoms with E-state index in [0.717, 1.165) is 57.9 Å². The number of rotatable bonds is 2. The lowest BCUT2D eigenvalue weighted by atomic mass is 9.95. The van der Waals surface area contributed by atoms with Crippen LogP contribution in [0.1, 0.15) is 31.4 Å². The third-order valence-corrected chi connectivity index (χ3v) is 4.33. The van der Waals surface area contributed by atoms with Crippen LogP contribution < -0.4 is 10.2 Å². The van der Waals surface area contributed by atoms with E-state index >= 15 is 0 Å². The molecule has 2 saturated heterocycles. The summed E-state index contributed by atoms with van der Waals surface area (Å²) in [6, 6.07) is 2.17. The molecule has 6 heteroatoms. The van der Waals surface area contributed by atoms with Crippen LogP contribution in [0.4, 0.5) is 5.82 Å². The van der Waals surface area contributed by atoms with Gasteiger partial charge in [-0.15, -0.1) is 0 Å². The van der Waals surface area contributed by atoms with Crippen LogP contribution in [-0.2, 0) is 4.79 Å². The van der Waals surface area contributed by atoms with Gasteiger partial charge in [0.25, 0.3) is 0 Å². The number of piperidine rings is 1. The molecular formula is C14H23N5O. The van der Waals surface area contributed by atoms with Crippen molar-refractivity contribution in [3.05, 3.63) is 11.8 Å². The van der Waals surface area contributed by atoms with Crippen molar-refractivity contribution in [2.75, 3.05) is 44.2 Å². The largest absolute Gasteiger partial charge is 0.353 e. The van der Waals surface area contributed by atoms with Crippen molar-refractivity contribution in [3.63, 3.8) is 0 Å². The van der Waals surface area contributed by atoms with Gasteiger partial charge in [-0.1, -0.05) is 0 Å². The third kappa shape index (κ3) is 2.80. The third-order valence-electron chi connectivity index (χ3n) is 4.33. The molecule has 0 saturated carbocycles. The maximum Gasteiger partial charge on any atom is 0.219 e. The number of amides is 1. The van der Waals surface area contributed by atoms with Gasteiger partial charge in [0, 0.05) is 63.9 Å². The molecule has 3 heterocycles. The topological polar surface area (TPSA) is 64.3 Å². The van der Waals surface area contributed by atoms with Crippen molar-refractivity contribution in [2.24, 2.45) is 0 Å². The molecule has 2 aliphatic rings. The van der Waals surface area contributed by atoms with E-state index in [0.29, 0.717) is 5.92 Å². The lowest BCUT2D eigenvalue weighted by Crippen LogP contribution is -2.43. The Morgan fingerprint density at radius 1 is 1.35 bits per heavy atom. The second kappa shape index (κ2) is 5.83. The lowest BCUT2D eigenvalue weighted by Gasteiger charge is -2.31. The number of piperazine rings is 1. The van der Waals surface area contributed by atoms with Crippen LogP contribution in [0.2, 0.25) is 0 Å². The minimum atomic E-state index is 0.177. The number of aromatic amines is 1. The van der Waals surface area contributed by atoms with E-state index < -0.39 is 0 Å². The van der Waals surface area contributed by atoms with Crippen molar-refractivity contribution in [2.45, 2.75) is 25.7 Å². The Hall–Kier alpha value is -1.56. The summed E-state index contributed by atoms with van der Waals surface area (Å²) in [5.74, 6) is 1.62. The predicted molar refractivity (Wildman–Crippen MR) is 77.9 cm³/mol. The second-order valence-electron chi connectivity index (χ2n) is 5.72. The van der Waals surface area contributed by atoms with Crippen molar-refractivity contribution in [1.29, 1.82) is 0 Å². The molecular weight excluding hydrogens is 254 g/mol. The van der Waals surface area contributed by atoms with Gasteiger partial charge in [0.05, 0.1) is 0 Å². The van der Waals surface area contributed by atoms with Crippen LogP contribution in [0.25, 0.3) is 0 Å². The summed E-state index contributed by atoms with van der Waals surface area (Å²) >= 11 is 0. The fourth-order valence-electron chi connectivity index (χ4n) is 3.11. The lowest BCUT2D eigenvalue weighted by molar-refractivity contribution is -0.130. The average Bonchev–Trinajstić information content (AvgIpc) is 2.98. The minimum absolute atomic E-state index is 0.177. The summed E-state index contributed by atoms with van der Waals surface area (Å²) in [6.45, 7) is 7.42. The van der Waals surface area contributed by atoms with Gasteiger partial charge in [0.15, 0.2) is 5.82 Å². The Balaban J connectivity index is 1.68. The summed E-state index contributed by atoms with van der Waals surface area (Å²) < 4.78 is 0. The van der Waals surface area contributed by atoms with Crippen LogP contribution in [0.3, 0.4) is 0 Å². The van der Waals surface area contributed by atoms with E-state index in [2.05, 4.69) is 26.5 Å². The first-order valence-corrected chi connectivity index (χ1v) is 7.50. The van der Waals surface area contributed by atoms with Crippen LogP contribution in [0.15, 0.2) is 6.07 Å². The number of carbonyl (C=O) groups excluding carboxylic acids is 1. The molecule has 6 nitrogen and oxygen atoms in total. The molecule has 1 atom stereocenters. The Morgan fingerprint density at radius 3 is 2.90 bits per heavy atom. The highest BCUT2D eigenvalue weighted by Crippen LogP contribution is 2.27. The molecule has 2 aliphatic heterocycles. The number of hydrogen-bond acceptors (Lipinski definition) is 4. The predicted octanol–water partition coefficient (Wildman–Crippen LogP) is 0.545. The number of H-pyrrole nitrogens is 1. The van der Waals surface area contributed by atoms with Gasteiger partial charge < -0.3 is 15.1 Å². The Morgan fingerprint density at radius 2 is 2.15 bits per heavy atom. The second-order valence-corrected chi connectivity index (χ2v) is 5.72. The first-order chi connectivity index (χ1) is 9.74. The number of aromatic nitrogens is 2. The van der Waals surface area contributed by atoms with Crippen LogP contribution in [0, 0.1) is 0 Å². The normalized spacial score (nSPS) is 23.9. The fraction of sp³-hybridized carbons (Fsp3) is 0.714. The van der Waals surface area contributed by atoms with E-state index in [4.69, 9.17) is 0 Å². The van der Waals surface area contributed by atoms with Crippen LogP contribution in [-0.4, -0.2) is 60.3 Å². The van der Waals surface area contributed by atoms with Gasteiger partial charge in [-0.3, -0.25) is 9.89 Å². The van der Waals surface area contributed by atoms with Crippen LogP contribution >= 0.6 is 0 Å². The van der Waals surface area contributed by atoms with E-state index in [9.17, 15) is 4.79 Å². The fourth-order valence-corrected chi connectivity index (χ4v) is 3.11. The molecule has 0 bridgehead atoms. The summed E-state index contributed by atoms with van der Waals surface area (Å²) in [4.78, 5) is 15.8. The number of likely N-dealkylation sites (tertiary alicyclic amines) is 1.